The second-order valence-electron chi connectivity index (χ2n) is 13.4. The highest BCUT2D eigenvalue weighted by atomic mass is 15.2. The molecule has 3 atom stereocenters. The minimum atomic E-state index is -0.0733. The van der Waals surface area contributed by atoms with E-state index in [-0.39, 0.29) is 5.54 Å². The van der Waals surface area contributed by atoms with E-state index >= 15 is 0 Å². The van der Waals surface area contributed by atoms with Gasteiger partial charge < -0.3 is 9.47 Å². The van der Waals surface area contributed by atoms with Crippen molar-refractivity contribution in [2.24, 2.45) is 0 Å². The molecule has 208 valence electrons. The highest BCUT2D eigenvalue weighted by Gasteiger charge is 2.50. The molecular weight excluding hydrogens is 520 g/mol. The summed E-state index contributed by atoms with van der Waals surface area (Å²) in [5, 5.41) is 2.77. The summed E-state index contributed by atoms with van der Waals surface area (Å²) in [5.41, 5.74) is 15.6. The molecule has 2 heterocycles. The number of benzene rings is 5. The molecule has 1 aliphatic heterocycles. The van der Waals surface area contributed by atoms with Gasteiger partial charge >= 0.3 is 0 Å². The van der Waals surface area contributed by atoms with Crippen molar-refractivity contribution in [2.75, 3.05) is 4.90 Å². The number of fused-ring (bicyclic) bond motifs is 8. The predicted octanol–water partition coefficient (Wildman–Crippen LogP) is 9.72. The van der Waals surface area contributed by atoms with Gasteiger partial charge in [-0.2, -0.15) is 0 Å². The molecule has 0 spiro atoms. The number of hydrogen-bond donors (Lipinski definition) is 0. The van der Waals surface area contributed by atoms with Crippen LogP contribution in [0.1, 0.15) is 58.6 Å². The van der Waals surface area contributed by atoms with E-state index in [0.717, 1.165) is 6.42 Å². The Hall–Kier alpha value is -4.56. The van der Waals surface area contributed by atoms with Gasteiger partial charge in [-0.25, -0.2) is 0 Å². The van der Waals surface area contributed by atoms with E-state index in [1.54, 1.807) is 16.7 Å². The van der Waals surface area contributed by atoms with Crippen LogP contribution in [0.4, 0.5) is 11.4 Å². The lowest BCUT2D eigenvalue weighted by Gasteiger charge is -2.42. The van der Waals surface area contributed by atoms with Gasteiger partial charge in [-0.3, -0.25) is 0 Å². The first-order valence-corrected chi connectivity index (χ1v) is 16.0. The lowest BCUT2D eigenvalue weighted by molar-refractivity contribution is 0.420. The molecule has 0 bridgehead atoms. The average Bonchev–Trinajstić information content (AvgIpc) is 3.46. The summed E-state index contributed by atoms with van der Waals surface area (Å²) in [4.78, 5) is 2.63. The lowest BCUT2D eigenvalue weighted by atomic mass is 9.70. The standard InChI is InChI=1S/C41H34N2/c1-41-19-18-31(23-37(41)36-22-27-13-15-30(27)25-40(36)43(41)33-10-6-3-7-11-33)28-16-17-38-34(20-28)35-21-26-12-14-29(26)24-39(35)42(38)32-8-4-2-5-9-32/h2-11,16-22,24-25,31,37H,12-15,23H2,1H3. The number of aryl methyl sites for hydroxylation is 4. The highest BCUT2D eigenvalue weighted by molar-refractivity contribution is 6.10. The molecule has 3 unspecified atom stereocenters. The van der Waals surface area contributed by atoms with Crippen LogP contribution in [-0.4, -0.2) is 10.1 Å². The maximum atomic E-state index is 2.63. The third-order valence-corrected chi connectivity index (χ3v) is 11.2. The average molecular weight is 555 g/mol. The van der Waals surface area contributed by atoms with Crippen LogP contribution in [0, 0.1) is 0 Å². The van der Waals surface area contributed by atoms with Gasteiger partial charge in [0.05, 0.1) is 16.6 Å². The van der Waals surface area contributed by atoms with Crippen molar-refractivity contribution < 1.29 is 0 Å². The Bertz CT molecular complexity index is 2130. The van der Waals surface area contributed by atoms with E-state index < -0.39 is 0 Å². The van der Waals surface area contributed by atoms with Gasteiger partial charge in [0.25, 0.3) is 0 Å². The maximum Gasteiger partial charge on any atom is 0.0675 e. The van der Waals surface area contributed by atoms with E-state index in [1.807, 2.05) is 0 Å². The van der Waals surface area contributed by atoms with Crippen LogP contribution < -0.4 is 4.90 Å². The first-order valence-electron chi connectivity index (χ1n) is 16.0. The topological polar surface area (TPSA) is 8.17 Å². The zero-order valence-corrected chi connectivity index (χ0v) is 24.6. The molecule has 0 radical (unpaired) electrons. The minimum absolute atomic E-state index is 0.0733. The monoisotopic (exact) mass is 554 g/mol. The molecular formula is C41H34N2. The van der Waals surface area contributed by atoms with Crippen LogP contribution in [-0.2, 0) is 25.7 Å². The van der Waals surface area contributed by atoms with Crippen LogP contribution >= 0.6 is 0 Å². The number of anilines is 2. The van der Waals surface area contributed by atoms with Gasteiger partial charge in [0.2, 0.25) is 0 Å². The maximum absolute atomic E-state index is 2.63. The lowest BCUT2D eigenvalue weighted by Crippen LogP contribution is -2.43. The Labute approximate surface area is 252 Å². The van der Waals surface area contributed by atoms with Crippen molar-refractivity contribution in [3.8, 4) is 5.69 Å². The number of allylic oxidation sites excluding steroid dienone is 1. The van der Waals surface area contributed by atoms with E-state index in [4.69, 9.17) is 0 Å². The molecule has 0 saturated carbocycles. The van der Waals surface area contributed by atoms with Crippen molar-refractivity contribution in [3.05, 3.63) is 149 Å². The number of hydrogen-bond acceptors (Lipinski definition) is 1. The Kier molecular flexibility index (Phi) is 4.74. The fourth-order valence-electron chi connectivity index (χ4n) is 8.71. The molecule has 2 heteroatoms. The molecule has 0 N–H and O–H groups in total. The third kappa shape index (κ3) is 3.24. The van der Waals surface area contributed by atoms with Crippen molar-refractivity contribution in [2.45, 2.75) is 56.4 Å². The molecule has 1 aromatic heterocycles. The summed E-state index contributed by atoms with van der Waals surface area (Å²) in [5.74, 6) is 0.837. The first-order chi connectivity index (χ1) is 21.2. The molecule has 0 saturated heterocycles. The summed E-state index contributed by atoms with van der Waals surface area (Å²) in [6, 6.07) is 39.2. The van der Waals surface area contributed by atoms with Crippen LogP contribution in [0.5, 0.6) is 0 Å². The fraction of sp³-hybridized carbons (Fsp3) is 0.220. The SMILES string of the molecule is CC12C=CC(c3ccc4c(c3)c3cc5c(cc3n4-c3ccccc3)CC5)CC1c1cc3c(cc1N2c1ccccc1)CC3. The minimum Gasteiger partial charge on any atom is -0.331 e. The molecule has 5 aromatic carbocycles. The smallest absolute Gasteiger partial charge is 0.0675 e. The van der Waals surface area contributed by atoms with Gasteiger partial charge in [-0.05, 0) is 127 Å². The largest absolute Gasteiger partial charge is 0.331 e. The number of aromatic nitrogens is 1. The van der Waals surface area contributed by atoms with Crippen molar-refractivity contribution >= 4 is 33.2 Å². The summed E-state index contributed by atoms with van der Waals surface area (Å²) >= 11 is 0. The summed E-state index contributed by atoms with van der Waals surface area (Å²) in [6.45, 7) is 2.46. The van der Waals surface area contributed by atoms with Gasteiger partial charge in [-0.1, -0.05) is 60.7 Å². The van der Waals surface area contributed by atoms with E-state index in [1.165, 1.54) is 81.2 Å². The van der Waals surface area contributed by atoms with Crippen LogP contribution in [0.15, 0.2) is 115 Å². The number of para-hydroxylation sites is 2. The zero-order valence-electron chi connectivity index (χ0n) is 24.6. The Balaban J connectivity index is 1.12. The van der Waals surface area contributed by atoms with Crippen LogP contribution in [0.25, 0.3) is 27.5 Å². The van der Waals surface area contributed by atoms with Gasteiger partial charge in [0, 0.05) is 39.7 Å². The third-order valence-electron chi connectivity index (χ3n) is 11.2. The molecule has 0 fully saturated rings. The van der Waals surface area contributed by atoms with Crippen molar-refractivity contribution in [3.63, 3.8) is 0 Å². The van der Waals surface area contributed by atoms with E-state index in [9.17, 15) is 0 Å². The summed E-state index contributed by atoms with van der Waals surface area (Å²) < 4.78 is 2.48. The second-order valence-corrected chi connectivity index (χ2v) is 13.4. The molecule has 43 heavy (non-hydrogen) atoms. The van der Waals surface area contributed by atoms with Crippen molar-refractivity contribution in [1.29, 1.82) is 0 Å². The molecule has 10 rings (SSSR count). The van der Waals surface area contributed by atoms with Crippen LogP contribution in [0.2, 0.25) is 0 Å². The van der Waals surface area contributed by atoms with Gasteiger partial charge in [0.1, 0.15) is 0 Å². The molecule has 3 aliphatic carbocycles. The summed E-state index contributed by atoms with van der Waals surface area (Å²) in [6.07, 6.45) is 11.0. The second kappa shape index (κ2) is 8.51. The quantitative estimate of drug-likeness (QED) is 0.198. The van der Waals surface area contributed by atoms with E-state index in [2.05, 4.69) is 132 Å². The summed E-state index contributed by atoms with van der Waals surface area (Å²) in [7, 11) is 0. The predicted molar refractivity (Wildman–Crippen MR) is 178 cm³/mol. The van der Waals surface area contributed by atoms with Gasteiger partial charge in [-0.15, -0.1) is 0 Å². The molecule has 0 amide bonds. The fourth-order valence-corrected chi connectivity index (χ4v) is 8.71. The normalized spacial score (nSPS) is 23.0. The number of nitrogens with zero attached hydrogens (tertiary/aromatic N) is 2. The molecule has 6 aromatic rings. The Morgan fingerprint density at radius 3 is 2.02 bits per heavy atom. The zero-order chi connectivity index (χ0) is 28.3. The van der Waals surface area contributed by atoms with Crippen LogP contribution in [0.3, 0.4) is 0 Å². The number of rotatable bonds is 3. The Morgan fingerprint density at radius 1 is 0.628 bits per heavy atom. The van der Waals surface area contributed by atoms with Crippen molar-refractivity contribution in [1.82, 2.24) is 4.57 Å². The van der Waals surface area contributed by atoms with E-state index in [0.29, 0.717) is 11.8 Å². The molecule has 2 nitrogen and oxygen atoms in total. The van der Waals surface area contributed by atoms with Gasteiger partial charge in [0.15, 0.2) is 0 Å². The highest BCUT2D eigenvalue weighted by Crippen LogP contribution is 2.58. The Morgan fingerprint density at radius 2 is 1.28 bits per heavy atom. The first kappa shape index (κ1) is 23.9. The molecule has 4 aliphatic rings.